The SMILES string of the molecule is CC1OC1CCC1CCC(c2cc(F)c(F)c(F)c2)CC1. The Morgan fingerprint density at radius 1 is 1.00 bits per heavy atom. The van der Waals surface area contributed by atoms with Crippen molar-refractivity contribution in [2.24, 2.45) is 5.92 Å². The van der Waals surface area contributed by atoms with E-state index in [1.807, 2.05) is 0 Å². The van der Waals surface area contributed by atoms with Gasteiger partial charge in [0.05, 0.1) is 12.2 Å². The Kier molecular flexibility index (Phi) is 4.25. The summed E-state index contributed by atoms with van der Waals surface area (Å²) in [7, 11) is 0. The lowest BCUT2D eigenvalue weighted by molar-refractivity contribution is 0.286. The first-order chi connectivity index (χ1) is 10.0. The van der Waals surface area contributed by atoms with Crippen molar-refractivity contribution < 1.29 is 17.9 Å². The Balaban J connectivity index is 1.53. The molecule has 2 unspecified atom stereocenters. The Labute approximate surface area is 123 Å². The fraction of sp³-hybridized carbons (Fsp3) is 0.647. The largest absolute Gasteiger partial charge is 0.370 e. The maximum absolute atomic E-state index is 13.3. The topological polar surface area (TPSA) is 12.5 Å². The summed E-state index contributed by atoms with van der Waals surface area (Å²) in [4.78, 5) is 0. The number of halogens is 3. The summed E-state index contributed by atoms with van der Waals surface area (Å²) in [6.07, 6.45) is 7.17. The molecule has 1 nitrogen and oxygen atoms in total. The van der Waals surface area contributed by atoms with Crippen molar-refractivity contribution >= 4 is 0 Å². The van der Waals surface area contributed by atoms with E-state index < -0.39 is 17.5 Å². The number of ether oxygens (including phenoxy) is 1. The summed E-state index contributed by atoms with van der Waals surface area (Å²) in [5.74, 6) is -2.68. The lowest BCUT2D eigenvalue weighted by Crippen LogP contribution is -2.14. The molecule has 2 aliphatic rings. The summed E-state index contributed by atoms with van der Waals surface area (Å²) in [5.41, 5.74) is 0.601. The van der Waals surface area contributed by atoms with E-state index in [2.05, 4.69) is 6.92 Å². The molecule has 1 aromatic rings. The van der Waals surface area contributed by atoms with E-state index >= 15 is 0 Å². The maximum atomic E-state index is 13.3. The van der Waals surface area contributed by atoms with Gasteiger partial charge < -0.3 is 4.74 Å². The predicted molar refractivity (Wildman–Crippen MR) is 74.6 cm³/mol. The van der Waals surface area contributed by atoms with E-state index in [1.54, 1.807) is 0 Å². The monoisotopic (exact) mass is 298 g/mol. The third-order valence-electron chi connectivity index (χ3n) is 5.02. The molecule has 0 spiro atoms. The van der Waals surface area contributed by atoms with Crippen LogP contribution in [0.4, 0.5) is 13.2 Å². The number of rotatable bonds is 4. The minimum absolute atomic E-state index is 0.155. The van der Waals surface area contributed by atoms with Gasteiger partial charge in [0.15, 0.2) is 17.5 Å². The highest BCUT2D eigenvalue weighted by atomic mass is 19.2. The third kappa shape index (κ3) is 3.42. The Bertz CT molecular complexity index is 486. The lowest BCUT2D eigenvalue weighted by atomic mass is 9.77. The molecule has 4 heteroatoms. The van der Waals surface area contributed by atoms with Gasteiger partial charge in [0.25, 0.3) is 0 Å². The van der Waals surface area contributed by atoms with Crippen LogP contribution in [0.15, 0.2) is 12.1 Å². The van der Waals surface area contributed by atoms with E-state index in [4.69, 9.17) is 4.74 Å². The molecule has 2 atom stereocenters. The van der Waals surface area contributed by atoms with Gasteiger partial charge in [-0.1, -0.05) is 0 Å². The molecule has 2 fully saturated rings. The highest BCUT2D eigenvalue weighted by Crippen LogP contribution is 2.39. The van der Waals surface area contributed by atoms with Crippen LogP contribution >= 0.6 is 0 Å². The zero-order chi connectivity index (χ0) is 15.0. The van der Waals surface area contributed by atoms with E-state index in [9.17, 15) is 13.2 Å². The van der Waals surface area contributed by atoms with Gasteiger partial charge in [0.2, 0.25) is 0 Å². The van der Waals surface area contributed by atoms with Crippen molar-refractivity contribution in [2.45, 2.75) is 63.6 Å². The molecule has 0 N–H and O–H groups in total. The zero-order valence-electron chi connectivity index (χ0n) is 12.2. The molecule has 0 radical (unpaired) electrons. The zero-order valence-corrected chi connectivity index (χ0v) is 12.2. The van der Waals surface area contributed by atoms with Gasteiger partial charge in [0.1, 0.15) is 0 Å². The molecule has 0 bridgehead atoms. The van der Waals surface area contributed by atoms with Gasteiger partial charge in [-0.2, -0.15) is 0 Å². The highest BCUT2D eigenvalue weighted by molar-refractivity contribution is 5.23. The van der Waals surface area contributed by atoms with Crippen LogP contribution in [0.5, 0.6) is 0 Å². The minimum atomic E-state index is -1.37. The lowest BCUT2D eigenvalue weighted by Gasteiger charge is -2.28. The quantitative estimate of drug-likeness (QED) is 0.566. The molecular formula is C17H21F3O. The van der Waals surface area contributed by atoms with Crippen LogP contribution in [0, 0.1) is 23.4 Å². The first-order valence-corrected chi connectivity index (χ1v) is 7.84. The molecule has 21 heavy (non-hydrogen) atoms. The van der Waals surface area contributed by atoms with Crippen LogP contribution in [0.25, 0.3) is 0 Å². The maximum Gasteiger partial charge on any atom is 0.194 e. The highest BCUT2D eigenvalue weighted by Gasteiger charge is 2.34. The van der Waals surface area contributed by atoms with Gasteiger partial charge in [0, 0.05) is 0 Å². The van der Waals surface area contributed by atoms with Crippen molar-refractivity contribution in [3.8, 4) is 0 Å². The minimum Gasteiger partial charge on any atom is -0.370 e. The molecule has 1 aliphatic heterocycles. The predicted octanol–water partition coefficient (Wildman–Crippen LogP) is 4.95. The molecule has 1 saturated carbocycles. The van der Waals surface area contributed by atoms with Gasteiger partial charge >= 0.3 is 0 Å². The molecule has 0 amide bonds. The molecule has 116 valence electrons. The average molecular weight is 298 g/mol. The van der Waals surface area contributed by atoms with Gasteiger partial charge in [-0.25, -0.2) is 13.2 Å². The van der Waals surface area contributed by atoms with Crippen molar-refractivity contribution in [1.29, 1.82) is 0 Å². The molecule has 1 aromatic carbocycles. The molecule has 1 heterocycles. The van der Waals surface area contributed by atoms with Crippen LogP contribution in [0.1, 0.15) is 56.9 Å². The third-order valence-corrected chi connectivity index (χ3v) is 5.02. The van der Waals surface area contributed by atoms with E-state index in [-0.39, 0.29) is 5.92 Å². The van der Waals surface area contributed by atoms with Crippen LogP contribution in [-0.2, 0) is 4.74 Å². The summed E-state index contributed by atoms with van der Waals surface area (Å²) >= 11 is 0. The van der Waals surface area contributed by atoms with Crippen LogP contribution in [-0.4, -0.2) is 12.2 Å². The standard InChI is InChI=1S/C17H21F3O/c1-10-16(21-10)7-4-11-2-5-12(6-3-11)13-8-14(18)17(20)15(19)9-13/h8-12,16H,2-7H2,1H3. The van der Waals surface area contributed by atoms with E-state index in [0.717, 1.165) is 44.2 Å². The van der Waals surface area contributed by atoms with Crippen molar-refractivity contribution in [1.82, 2.24) is 0 Å². The summed E-state index contributed by atoms with van der Waals surface area (Å²) in [6, 6.07) is 2.31. The smallest absolute Gasteiger partial charge is 0.194 e. The Hall–Kier alpha value is -1.03. The van der Waals surface area contributed by atoms with Crippen LogP contribution in [0.2, 0.25) is 0 Å². The summed E-state index contributed by atoms with van der Waals surface area (Å²) in [5, 5.41) is 0. The van der Waals surface area contributed by atoms with Gasteiger partial charge in [-0.15, -0.1) is 0 Å². The van der Waals surface area contributed by atoms with Gasteiger partial charge in [-0.3, -0.25) is 0 Å². The average Bonchev–Trinajstić information content (AvgIpc) is 3.18. The second kappa shape index (κ2) is 5.99. The fourth-order valence-corrected chi connectivity index (χ4v) is 3.53. The first kappa shape index (κ1) is 14.9. The second-order valence-corrected chi connectivity index (χ2v) is 6.47. The van der Waals surface area contributed by atoms with Crippen molar-refractivity contribution in [3.63, 3.8) is 0 Å². The van der Waals surface area contributed by atoms with E-state index in [0.29, 0.717) is 23.7 Å². The molecule has 0 aromatic heterocycles. The second-order valence-electron chi connectivity index (χ2n) is 6.47. The Morgan fingerprint density at radius 3 is 2.10 bits per heavy atom. The Morgan fingerprint density at radius 2 is 1.57 bits per heavy atom. The summed E-state index contributed by atoms with van der Waals surface area (Å²) in [6.45, 7) is 2.10. The van der Waals surface area contributed by atoms with Gasteiger partial charge in [-0.05, 0) is 75.0 Å². The fourth-order valence-electron chi connectivity index (χ4n) is 3.53. The molecular weight excluding hydrogens is 277 g/mol. The number of benzene rings is 1. The number of hydrogen-bond acceptors (Lipinski definition) is 1. The molecule has 1 aliphatic carbocycles. The first-order valence-electron chi connectivity index (χ1n) is 7.84. The normalized spacial score (nSPS) is 32.2. The molecule has 1 saturated heterocycles. The van der Waals surface area contributed by atoms with Crippen molar-refractivity contribution in [3.05, 3.63) is 35.1 Å². The molecule has 3 rings (SSSR count). The number of hydrogen-bond donors (Lipinski definition) is 0. The van der Waals surface area contributed by atoms with Crippen LogP contribution in [0.3, 0.4) is 0 Å². The summed E-state index contributed by atoms with van der Waals surface area (Å²) < 4.78 is 45.0. The van der Waals surface area contributed by atoms with E-state index in [1.165, 1.54) is 6.42 Å². The van der Waals surface area contributed by atoms with Crippen molar-refractivity contribution in [2.75, 3.05) is 0 Å². The number of epoxide rings is 1. The van der Waals surface area contributed by atoms with Crippen LogP contribution < -0.4 is 0 Å².